The molecule has 0 radical (unpaired) electrons. The molecular weight excluding hydrogens is 320 g/mol. The van der Waals surface area contributed by atoms with Crippen molar-refractivity contribution < 1.29 is 9.47 Å². The second-order valence-corrected chi connectivity index (χ2v) is 6.17. The van der Waals surface area contributed by atoms with Crippen molar-refractivity contribution in [3.05, 3.63) is 53.6 Å². The Balaban J connectivity index is 1.84. The average Bonchev–Trinajstić information content (AvgIpc) is 2.56. The number of hydrogen-bond donors (Lipinski definition) is 2. The van der Waals surface area contributed by atoms with Gasteiger partial charge in [0.25, 0.3) is 0 Å². The van der Waals surface area contributed by atoms with E-state index in [4.69, 9.17) is 21.7 Å². The smallest absolute Gasteiger partial charge is 0.171 e. The minimum Gasteiger partial charge on any atom is -0.493 e. The van der Waals surface area contributed by atoms with Gasteiger partial charge in [-0.3, -0.25) is 0 Å². The Morgan fingerprint density at radius 2 is 1.79 bits per heavy atom. The molecule has 0 aliphatic rings. The van der Waals surface area contributed by atoms with Gasteiger partial charge in [0.1, 0.15) is 6.61 Å². The summed E-state index contributed by atoms with van der Waals surface area (Å²) < 4.78 is 11.1. The highest BCUT2D eigenvalue weighted by Crippen LogP contribution is 2.25. The maximum Gasteiger partial charge on any atom is 0.171 e. The van der Waals surface area contributed by atoms with E-state index in [2.05, 4.69) is 36.6 Å². The molecule has 2 aromatic rings. The van der Waals surface area contributed by atoms with Crippen LogP contribution >= 0.6 is 12.2 Å². The van der Waals surface area contributed by atoms with Crippen LogP contribution in [0.3, 0.4) is 0 Å². The molecule has 0 aliphatic carbocycles. The summed E-state index contributed by atoms with van der Waals surface area (Å²) in [4.78, 5) is 0. The highest BCUT2D eigenvalue weighted by Gasteiger charge is 2.08. The van der Waals surface area contributed by atoms with Crippen LogP contribution < -0.4 is 20.1 Å². The number of benzene rings is 2. The Morgan fingerprint density at radius 1 is 1.08 bits per heavy atom. The van der Waals surface area contributed by atoms with Gasteiger partial charge >= 0.3 is 0 Å². The molecule has 2 N–H and O–H groups in total. The number of rotatable bonds is 6. The third kappa shape index (κ3) is 5.13. The second-order valence-electron chi connectivity index (χ2n) is 5.76. The number of ether oxygens (including phenoxy) is 2. The lowest BCUT2D eigenvalue weighted by atomic mass is 10.1. The van der Waals surface area contributed by atoms with Crippen molar-refractivity contribution in [1.29, 1.82) is 0 Å². The van der Waals surface area contributed by atoms with Gasteiger partial charge in [0.15, 0.2) is 16.6 Å². The monoisotopic (exact) mass is 344 g/mol. The van der Waals surface area contributed by atoms with E-state index in [-0.39, 0.29) is 6.04 Å². The maximum absolute atomic E-state index is 5.80. The molecule has 4 nitrogen and oxygen atoms in total. The predicted octanol–water partition coefficient (Wildman–Crippen LogP) is 4.07. The first-order valence-corrected chi connectivity index (χ1v) is 8.31. The largest absolute Gasteiger partial charge is 0.493 e. The molecule has 0 spiro atoms. The lowest BCUT2D eigenvalue weighted by molar-refractivity contribution is 0.270. The maximum atomic E-state index is 5.80. The van der Waals surface area contributed by atoms with Crippen LogP contribution in [0.2, 0.25) is 0 Å². The lowest BCUT2D eigenvalue weighted by Gasteiger charge is -2.18. The van der Waals surface area contributed by atoms with Crippen LogP contribution in [0.4, 0.5) is 5.69 Å². The van der Waals surface area contributed by atoms with Crippen molar-refractivity contribution in [2.75, 3.05) is 19.0 Å². The van der Waals surface area contributed by atoms with E-state index in [0.29, 0.717) is 11.7 Å². The molecule has 2 rings (SSSR count). The molecule has 0 saturated carbocycles. The van der Waals surface area contributed by atoms with Crippen molar-refractivity contribution in [3.8, 4) is 11.5 Å². The molecule has 0 amide bonds. The SMILES string of the molecule is COc1ccccc1OC[C@@H](C)NC(=S)Nc1ccc(C)c(C)c1. The zero-order valence-corrected chi connectivity index (χ0v) is 15.4. The molecule has 24 heavy (non-hydrogen) atoms. The summed E-state index contributed by atoms with van der Waals surface area (Å²) in [5.74, 6) is 1.45. The average molecular weight is 344 g/mol. The number of para-hydroxylation sites is 2. The predicted molar refractivity (Wildman–Crippen MR) is 103 cm³/mol. The molecule has 2 aromatic carbocycles. The summed E-state index contributed by atoms with van der Waals surface area (Å²) in [6.07, 6.45) is 0. The summed E-state index contributed by atoms with van der Waals surface area (Å²) in [7, 11) is 1.63. The van der Waals surface area contributed by atoms with Gasteiger partial charge in [-0.25, -0.2) is 0 Å². The lowest BCUT2D eigenvalue weighted by Crippen LogP contribution is -2.39. The van der Waals surface area contributed by atoms with Gasteiger partial charge in [0, 0.05) is 5.69 Å². The zero-order valence-electron chi connectivity index (χ0n) is 14.6. The number of anilines is 1. The van der Waals surface area contributed by atoms with Crippen LogP contribution in [-0.2, 0) is 0 Å². The minimum absolute atomic E-state index is 0.0569. The Labute approximate surface area is 149 Å². The fourth-order valence-electron chi connectivity index (χ4n) is 2.20. The number of aryl methyl sites for hydroxylation is 2. The first kappa shape index (κ1) is 18.1. The molecule has 0 fully saturated rings. The van der Waals surface area contributed by atoms with Crippen LogP contribution in [0.15, 0.2) is 42.5 Å². The van der Waals surface area contributed by atoms with Crippen LogP contribution in [0.1, 0.15) is 18.1 Å². The molecule has 0 saturated heterocycles. The number of nitrogens with one attached hydrogen (secondary N) is 2. The highest BCUT2D eigenvalue weighted by atomic mass is 32.1. The first-order chi connectivity index (χ1) is 11.5. The highest BCUT2D eigenvalue weighted by molar-refractivity contribution is 7.80. The third-order valence-corrected chi connectivity index (χ3v) is 3.92. The Kier molecular flexibility index (Phi) is 6.44. The van der Waals surface area contributed by atoms with Crippen molar-refractivity contribution >= 4 is 23.0 Å². The van der Waals surface area contributed by atoms with Gasteiger partial charge in [-0.1, -0.05) is 18.2 Å². The van der Waals surface area contributed by atoms with E-state index in [9.17, 15) is 0 Å². The fraction of sp³-hybridized carbons (Fsp3) is 0.316. The normalized spacial score (nSPS) is 11.5. The Morgan fingerprint density at radius 3 is 2.46 bits per heavy atom. The van der Waals surface area contributed by atoms with Gasteiger partial charge in [-0.2, -0.15) is 0 Å². The van der Waals surface area contributed by atoms with E-state index in [1.807, 2.05) is 37.3 Å². The molecule has 5 heteroatoms. The topological polar surface area (TPSA) is 42.5 Å². The van der Waals surface area contributed by atoms with Gasteiger partial charge in [0.05, 0.1) is 13.2 Å². The van der Waals surface area contributed by atoms with Crippen molar-refractivity contribution in [1.82, 2.24) is 5.32 Å². The quantitative estimate of drug-likeness (QED) is 0.774. The van der Waals surface area contributed by atoms with Gasteiger partial charge in [-0.05, 0) is 68.4 Å². The van der Waals surface area contributed by atoms with Crippen molar-refractivity contribution in [2.45, 2.75) is 26.8 Å². The summed E-state index contributed by atoms with van der Waals surface area (Å²) in [6, 6.07) is 13.8. The van der Waals surface area contributed by atoms with E-state index >= 15 is 0 Å². The van der Waals surface area contributed by atoms with Crippen LogP contribution in [0, 0.1) is 13.8 Å². The van der Waals surface area contributed by atoms with Crippen LogP contribution in [0.5, 0.6) is 11.5 Å². The molecule has 0 aliphatic heterocycles. The van der Waals surface area contributed by atoms with Crippen LogP contribution in [-0.4, -0.2) is 24.9 Å². The molecule has 1 atom stereocenters. The van der Waals surface area contributed by atoms with E-state index in [0.717, 1.165) is 17.2 Å². The molecule has 0 unspecified atom stereocenters. The molecular formula is C19H24N2O2S. The van der Waals surface area contributed by atoms with Crippen molar-refractivity contribution in [2.24, 2.45) is 0 Å². The molecule has 128 valence electrons. The first-order valence-electron chi connectivity index (χ1n) is 7.90. The van der Waals surface area contributed by atoms with Gasteiger partial charge in [-0.15, -0.1) is 0 Å². The summed E-state index contributed by atoms with van der Waals surface area (Å²) in [5, 5.41) is 7.00. The third-order valence-electron chi connectivity index (χ3n) is 3.70. The number of thiocarbonyl (C=S) groups is 1. The second kappa shape index (κ2) is 8.55. The number of hydrogen-bond acceptors (Lipinski definition) is 3. The van der Waals surface area contributed by atoms with Gasteiger partial charge < -0.3 is 20.1 Å². The molecule has 0 heterocycles. The fourth-order valence-corrected chi connectivity index (χ4v) is 2.52. The van der Waals surface area contributed by atoms with Gasteiger partial charge in [0.2, 0.25) is 0 Å². The van der Waals surface area contributed by atoms with Crippen molar-refractivity contribution in [3.63, 3.8) is 0 Å². The van der Waals surface area contributed by atoms with E-state index in [1.165, 1.54) is 11.1 Å². The van der Waals surface area contributed by atoms with E-state index < -0.39 is 0 Å². The minimum atomic E-state index is 0.0569. The van der Waals surface area contributed by atoms with E-state index in [1.54, 1.807) is 7.11 Å². The standard InChI is InChI=1S/C19H24N2O2S/c1-13-9-10-16(11-14(13)2)21-19(24)20-15(3)12-23-18-8-6-5-7-17(18)22-4/h5-11,15H,12H2,1-4H3,(H2,20,21,24)/t15-/m1/s1. The Bertz CT molecular complexity index is 704. The molecule has 0 aromatic heterocycles. The molecule has 0 bridgehead atoms. The number of methoxy groups -OCH3 is 1. The summed E-state index contributed by atoms with van der Waals surface area (Å²) in [5.41, 5.74) is 3.47. The van der Waals surface area contributed by atoms with Crippen LogP contribution in [0.25, 0.3) is 0 Å². The Hall–Kier alpha value is -2.27. The summed E-state index contributed by atoms with van der Waals surface area (Å²) in [6.45, 7) is 6.67. The zero-order chi connectivity index (χ0) is 17.5. The summed E-state index contributed by atoms with van der Waals surface area (Å²) >= 11 is 5.37.